The fourth-order valence-corrected chi connectivity index (χ4v) is 2.17. The number of aromatic nitrogens is 2. The topological polar surface area (TPSA) is 56.3 Å². The van der Waals surface area contributed by atoms with E-state index in [0.717, 1.165) is 11.3 Å². The summed E-state index contributed by atoms with van der Waals surface area (Å²) in [5.41, 5.74) is 1.94. The van der Waals surface area contributed by atoms with Gasteiger partial charge in [0.05, 0.1) is 10.7 Å². The molecule has 1 aliphatic rings. The summed E-state index contributed by atoms with van der Waals surface area (Å²) in [6.07, 6.45) is 1.65. The molecule has 1 aromatic heterocycles. The molecule has 1 N–H and O–H groups in total. The Hall–Kier alpha value is -1.85. The first-order chi connectivity index (χ1) is 9.33. The Kier molecular flexibility index (Phi) is 3.48. The quantitative estimate of drug-likeness (QED) is 0.928. The summed E-state index contributed by atoms with van der Waals surface area (Å²) >= 11 is 6.12. The highest BCUT2D eigenvalue weighted by Crippen LogP contribution is 2.39. The number of halogens is 1. The summed E-state index contributed by atoms with van der Waals surface area (Å²) in [6, 6.07) is 7.59. The van der Waals surface area contributed by atoms with Gasteiger partial charge in [-0.2, -0.15) is 10.2 Å². The van der Waals surface area contributed by atoms with Gasteiger partial charge in [-0.15, -0.1) is 0 Å². The molecule has 0 atom stereocenters. The van der Waals surface area contributed by atoms with Gasteiger partial charge in [0.15, 0.2) is 11.5 Å². The van der Waals surface area contributed by atoms with Gasteiger partial charge >= 0.3 is 0 Å². The zero-order valence-corrected chi connectivity index (χ0v) is 10.9. The highest BCUT2D eigenvalue weighted by Gasteiger charge is 2.17. The van der Waals surface area contributed by atoms with Crippen molar-refractivity contribution in [3.05, 3.63) is 46.7 Å². The maximum absolute atomic E-state index is 6.12. The number of ether oxygens (including phenoxy) is 2. The monoisotopic (exact) mass is 277 g/mol. The molecule has 0 bridgehead atoms. The van der Waals surface area contributed by atoms with E-state index in [1.807, 2.05) is 24.3 Å². The lowest BCUT2D eigenvalue weighted by Gasteiger charge is -2.06. The summed E-state index contributed by atoms with van der Waals surface area (Å²) in [7, 11) is 0. The van der Waals surface area contributed by atoms with Crippen LogP contribution in [0.25, 0.3) is 0 Å². The Morgan fingerprint density at radius 2 is 2.21 bits per heavy atom. The van der Waals surface area contributed by atoms with Crippen LogP contribution in [0.2, 0.25) is 5.02 Å². The van der Waals surface area contributed by atoms with Crippen LogP contribution in [0.3, 0.4) is 0 Å². The van der Waals surface area contributed by atoms with E-state index in [1.54, 1.807) is 6.20 Å². The average molecular weight is 278 g/mol. The van der Waals surface area contributed by atoms with Gasteiger partial charge in [0, 0.05) is 19.3 Å². The molecule has 1 aliphatic heterocycles. The van der Waals surface area contributed by atoms with Crippen LogP contribution in [0, 0.1) is 0 Å². The number of benzene rings is 1. The van der Waals surface area contributed by atoms with Crippen molar-refractivity contribution < 1.29 is 9.47 Å². The molecule has 0 saturated heterocycles. The van der Waals surface area contributed by atoms with Crippen LogP contribution in [-0.2, 0) is 13.1 Å². The minimum absolute atomic E-state index is 0.228. The van der Waals surface area contributed by atoms with Gasteiger partial charge in [0.2, 0.25) is 6.79 Å². The van der Waals surface area contributed by atoms with Crippen LogP contribution in [0.15, 0.2) is 30.5 Å². The molecular formula is C13H12ClN3O2. The van der Waals surface area contributed by atoms with Crippen LogP contribution in [-0.4, -0.2) is 17.0 Å². The Morgan fingerprint density at radius 1 is 1.26 bits per heavy atom. The SMILES string of the molecule is Clc1cc(CNCc2cccnn2)cc2c1OCO2. The van der Waals surface area contributed by atoms with Crippen LogP contribution in [0.5, 0.6) is 11.5 Å². The number of hydrogen-bond donors (Lipinski definition) is 1. The standard InChI is InChI=1S/C13H12ClN3O2/c14-11-4-9(5-12-13(11)19-8-18-12)6-15-7-10-2-1-3-16-17-10/h1-5,15H,6-8H2. The van der Waals surface area contributed by atoms with Gasteiger partial charge < -0.3 is 14.8 Å². The summed E-state index contributed by atoms with van der Waals surface area (Å²) < 4.78 is 10.6. The van der Waals surface area contributed by atoms with Gasteiger partial charge in [-0.25, -0.2) is 0 Å². The summed E-state index contributed by atoms with van der Waals surface area (Å²) in [4.78, 5) is 0. The van der Waals surface area contributed by atoms with Gasteiger partial charge in [-0.3, -0.25) is 0 Å². The zero-order chi connectivity index (χ0) is 13.1. The Bertz CT molecular complexity index is 578. The molecule has 0 unspecified atom stereocenters. The summed E-state index contributed by atoms with van der Waals surface area (Å²) in [6.45, 7) is 1.55. The lowest BCUT2D eigenvalue weighted by molar-refractivity contribution is 0.174. The van der Waals surface area contributed by atoms with Gasteiger partial charge in [-0.1, -0.05) is 11.6 Å². The van der Waals surface area contributed by atoms with Crippen molar-refractivity contribution in [2.24, 2.45) is 0 Å². The van der Waals surface area contributed by atoms with Gasteiger partial charge in [0.25, 0.3) is 0 Å². The number of nitrogens with one attached hydrogen (secondary N) is 1. The maximum Gasteiger partial charge on any atom is 0.231 e. The van der Waals surface area contributed by atoms with Crippen molar-refractivity contribution in [2.45, 2.75) is 13.1 Å². The molecule has 5 nitrogen and oxygen atoms in total. The molecular weight excluding hydrogens is 266 g/mol. The molecule has 0 radical (unpaired) electrons. The van der Waals surface area contributed by atoms with Crippen LogP contribution >= 0.6 is 11.6 Å². The molecule has 19 heavy (non-hydrogen) atoms. The van der Waals surface area contributed by atoms with Crippen molar-refractivity contribution >= 4 is 11.6 Å². The molecule has 2 aromatic rings. The normalized spacial score (nSPS) is 12.7. The molecule has 98 valence electrons. The Balaban J connectivity index is 1.63. The third-order valence-electron chi connectivity index (χ3n) is 2.75. The second-order valence-corrected chi connectivity index (χ2v) is 4.54. The molecule has 3 rings (SSSR count). The predicted molar refractivity (Wildman–Crippen MR) is 70.2 cm³/mol. The zero-order valence-electron chi connectivity index (χ0n) is 10.1. The van der Waals surface area contributed by atoms with E-state index in [4.69, 9.17) is 21.1 Å². The number of fused-ring (bicyclic) bond motifs is 1. The first-order valence-electron chi connectivity index (χ1n) is 5.88. The highest BCUT2D eigenvalue weighted by molar-refractivity contribution is 6.32. The van der Waals surface area contributed by atoms with E-state index in [-0.39, 0.29) is 6.79 Å². The van der Waals surface area contributed by atoms with Crippen molar-refractivity contribution in [3.8, 4) is 11.5 Å². The van der Waals surface area contributed by atoms with E-state index < -0.39 is 0 Å². The molecule has 6 heteroatoms. The largest absolute Gasteiger partial charge is 0.454 e. The summed E-state index contributed by atoms with van der Waals surface area (Å²) in [5.74, 6) is 1.32. The number of rotatable bonds is 4. The first kappa shape index (κ1) is 12.2. The molecule has 0 fully saturated rings. The Labute approximate surface area is 115 Å². The Morgan fingerprint density at radius 3 is 3.05 bits per heavy atom. The maximum atomic E-state index is 6.12. The van der Waals surface area contributed by atoms with Crippen LogP contribution < -0.4 is 14.8 Å². The lowest BCUT2D eigenvalue weighted by Crippen LogP contribution is -2.13. The first-order valence-corrected chi connectivity index (χ1v) is 6.26. The van der Waals surface area contributed by atoms with Crippen molar-refractivity contribution in [2.75, 3.05) is 6.79 Å². The van der Waals surface area contributed by atoms with E-state index in [2.05, 4.69) is 15.5 Å². The van der Waals surface area contributed by atoms with E-state index in [9.17, 15) is 0 Å². The minimum atomic E-state index is 0.228. The van der Waals surface area contributed by atoms with E-state index in [1.165, 1.54) is 0 Å². The molecule has 1 aromatic carbocycles. The number of hydrogen-bond acceptors (Lipinski definition) is 5. The molecule has 2 heterocycles. The number of nitrogens with zero attached hydrogens (tertiary/aromatic N) is 2. The second kappa shape index (κ2) is 5.42. The predicted octanol–water partition coefficient (Wildman–Crippen LogP) is 2.15. The van der Waals surface area contributed by atoms with Crippen molar-refractivity contribution in [3.63, 3.8) is 0 Å². The fraction of sp³-hybridized carbons (Fsp3) is 0.231. The third kappa shape index (κ3) is 2.77. The summed E-state index contributed by atoms with van der Waals surface area (Å²) in [5, 5.41) is 11.7. The van der Waals surface area contributed by atoms with Gasteiger partial charge in [0.1, 0.15) is 0 Å². The highest BCUT2D eigenvalue weighted by atomic mass is 35.5. The van der Waals surface area contributed by atoms with E-state index >= 15 is 0 Å². The average Bonchev–Trinajstić information content (AvgIpc) is 2.89. The fourth-order valence-electron chi connectivity index (χ4n) is 1.89. The van der Waals surface area contributed by atoms with Gasteiger partial charge in [-0.05, 0) is 29.8 Å². The lowest BCUT2D eigenvalue weighted by atomic mass is 10.2. The smallest absolute Gasteiger partial charge is 0.231 e. The van der Waals surface area contributed by atoms with E-state index in [0.29, 0.717) is 29.6 Å². The van der Waals surface area contributed by atoms with Crippen molar-refractivity contribution in [1.82, 2.24) is 15.5 Å². The second-order valence-electron chi connectivity index (χ2n) is 4.13. The minimum Gasteiger partial charge on any atom is -0.454 e. The van der Waals surface area contributed by atoms with Crippen LogP contribution in [0.1, 0.15) is 11.3 Å². The molecule has 0 saturated carbocycles. The third-order valence-corrected chi connectivity index (χ3v) is 3.03. The van der Waals surface area contributed by atoms with Crippen LogP contribution in [0.4, 0.5) is 0 Å². The molecule has 0 aliphatic carbocycles. The molecule has 0 amide bonds. The molecule has 0 spiro atoms. The van der Waals surface area contributed by atoms with Crippen molar-refractivity contribution in [1.29, 1.82) is 0 Å².